The molecule has 0 bridgehead atoms. The van der Waals surface area contributed by atoms with Crippen molar-refractivity contribution >= 4 is 38.9 Å². The molecular weight excluding hydrogens is 422 g/mol. The summed E-state index contributed by atoms with van der Waals surface area (Å²) in [6, 6.07) is 9.25. The highest BCUT2D eigenvalue weighted by Crippen LogP contribution is 2.40. The Labute approximate surface area is 180 Å². The van der Waals surface area contributed by atoms with Crippen molar-refractivity contribution in [2.75, 3.05) is 5.32 Å². The third-order valence-corrected chi connectivity index (χ3v) is 8.08. The molecule has 0 radical (unpaired) electrons. The Hall–Kier alpha value is -2.23. The van der Waals surface area contributed by atoms with Crippen molar-refractivity contribution in [3.63, 3.8) is 0 Å². The first kappa shape index (κ1) is 21.0. The molecule has 2 aliphatic rings. The Balaban J connectivity index is 1.41. The number of carbonyl (C=O) groups excluding carboxylic acids is 2. The number of nitrogens with one attached hydrogen (secondary N) is 2. The molecule has 9 heteroatoms. The predicted molar refractivity (Wildman–Crippen MR) is 116 cm³/mol. The van der Waals surface area contributed by atoms with E-state index < -0.39 is 15.9 Å². The second kappa shape index (κ2) is 8.49. The van der Waals surface area contributed by atoms with Crippen LogP contribution in [0.25, 0.3) is 0 Å². The Morgan fingerprint density at radius 2 is 1.57 bits per heavy atom. The summed E-state index contributed by atoms with van der Waals surface area (Å²) in [7, 11) is -3.86. The van der Waals surface area contributed by atoms with Crippen molar-refractivity contribution in [3.05, 3.63) is 46.2 Å². The van der Waals surface area contributed by atoms with Crippen LogP contribution in [0.15, 0.2) is 41.3 Å². The quantitative estimate of drug-likeness (QED) is 0.603. The summed E-state index contributed by atoms with van der Waals surface area (Å²) in [6.07, 6.45) is 7.18. The first-order chi connectivity index (χ1) is 14.3. The molecule has 2 aliphatic carbocycles. The van der Waals surface area contributed by atoms with Crippen molar-refractivity contribution in [3.8, 4) is 0 Å². The molecule has 30 heavy (non-hydrogen) atoms. The van der Waals surface area contributed by atoms with Gasteiger partial charge in [-0.15, -0.1) is 11.3 Å². The number of thiophene rings is 1. The number of primary sulfonamides is 1. The standard InChI is InChI=1S/C21H25N3O4S2/c22-30(27,28)16-9-3-8-15(12-16)23-20(25)17-10-11-18(29-17)21(26)24-19(13-4-1-5-13)14-6-2-7-14/h3,8-14,19H,1-2,4-7H2,(H,23,25)(H,24,26)(H2,22,27,28). The lowest BCUT2D eigenvalue weighted by Gasteiger charge is -2.42. The van der Waals surface area contributed by atoms with E-state index in [9.17, 15) is 18.0 Å². The van der Waals surface area contributed by atoms with Crippen molar-refractivity contribution < 1.29 is 18.0 Å². The van der Waals surface area contributed by atoms with Gasteiger partial charge in [-0.05, 0) is 67.9 Å². The molecule has 0 atom stereocenters. The van der Waals surface area contributed by atoms with E-state index in [0.717, 1.165) is 11.3 Å². The summed E-state index contributed by atoms with van der Waals surface area (Å²) < 4.78 is 23.0. The molecule has 4 rings (SSSR count). The average Bonchev–Trinajstić information content (AvgIpc) is 3.08. The molecular formula is C21H25N3O4S2. The topological polar surface area (TPSA) is 118 Å². The fraction of sp³-hybridized carbons (Fsp3) is 0.429. The number of benzene rings is 1. The maximum absolute atomic E-state index is 12.8. The fourth-order valence-corrected chi connectivity index (χ4v) is 5.33. The van der Waals surface area contributed by atoms with Crippen LogP contribution in [0.2, 0.25) is 0 Å². The van der Waals surface area contributed by atoms with Gasteiger partial charge in [0.25, 0.3) is 11.8 Å². The summed E-state index contributed by atoms with van der Waals surface area (Å²) >= 11 is 1.13. The molecule has 160 valence electrons. The van der Waals surface area contributed by atoms with E-state index in [2.05, 4.69) is 10.6 Å². The first-order valence-electron chi connectivity index (χ1n) is 10.2. The zero-order valence-electron chi connectivity index (χ0n) is 16.5. The molecule has 0 saturated heterocycles. The first-order valence-corrected chi connectivity index (χ1v) is 12.5. The number of hydrogen-bond donors (Lipinski definition) is 3. The second-order valence-corrected chi connectivity index (χ2v) is 10.7. The van der Waals surface area contributed by atoms with Gasteiger partial charge >= 0.3 is 0 Å². The molecule has 2 fully saturated rings. The van der Waals surface area contributed by atoms with E-state index in [1.165, 1.54) is 56.7 Å². The number of carbonyl (C=O) groups is 2. The van der Waals surface area contributed by atoms with E-state index in [4.69, 9.17) is 5.14 Å². The molecule has 4 N–H and O–H groups in total. The molecule has 1 aromatic heterocycles. The van der Waals surface area contributed by atoms with Gasteiger partial charge in [0.2, 0.25) is 10.0 Å². The maximum Gasteiger partial charge on any atom is 0.265 e. The summed E-state index contributed by atoms with van der Waals surface area (Å²) in [4.78, 5) is 26.1. The lowest BCUT2D eigenvalue weighted by Crippen LogP contribution is -2.49. The van der Waals surface area contributed by atoms with Gasteiger partial charge in [-0.1, -0.05) is 18.9 Å². The largest absolute Gasteiger partial charge is 0.348 e. The van der Waals surface area contributed by atoms with E-state index in [1.54, 1.807) is 18.2 Å². The van der Waals surface area contributed by atoms with Crippen LogP contribution in [0, 0.1) is 11.8 Å². The van der Waals surface area contributed by atoms with Crippen LogP contribution in [-0.2, 0) is 10.0 Å². The van der Waals surface area contributed by atoms with E-state index >= 15 is 0 Å². The smallest absolute Gasteiger partial charge is 0.265 e. The highest BCUT2D eigenvalue weighted by Gasteiger charge is 2.37. The van der Waals surface area contributed by atoms with Gasteiger partial charge in [0.1, 0.15) is 0 Å². The third-order valence-electron chi connectivity index (χ3n) is 6.09. The average molecular weight is 448 g/mol. The molecule has 1 heterocycles. The van der Waals surface area contributed by atoms with Crippen LogP contribution in [0.4, 0.5) is 5.69 Å². The van der Waals surface area contributed by atoms with E-state index in [1.807, 2.05) is 0 Å². The van der Waals surface area contributed by atoms with Crippen LogP contribution in [0.3, 0.4) is 0 Å². The molecule has 0 unspecified atom stereocenters. The summed E-state index contributed by atoms with van der Waals surface area (Å²) in [5.41, 5.74) is 0.320. The molecule has 0 aliphatic heterocycles. The minimum atomic E-state index is -3.86. The van der Waals surface area contributed by atoms with Gasteiger partial charge in [0.15, 0.2) is 0 Å². The van der Waals surface area contributed by atoms with Gasteiger partial charge in [0.05, 0.1) is 14.6 Å². The minimum absolute atomic E-state index is 0.0791. The SMILES string of the molecule is NS(=O)(=O)c1cccc(NC(=O)c2ccc(C(=O)NC(C3CCC3)C3CCC3)s2)c1. The third kappa shape index (κ3) is 4.58. The van der Waals surface area contributed by atoms with Crippen LogP contribution < -0.4 is 15.8 Å². The van der Waals surface area contributed by atoms with Crippen molar-refractivity contribution in [1.29, 1.82) is 0 Å². The minimum Gasteiger partial charge on any atom is -0.348 e. The monoisotopic (exact) mass is 447 g/mol. The zero-order valence-corrected chi connectivity index (χ0v) is 18.1. The summed E-state index contributed by atoms with van der Waals surface area (Å²) in [6.45, 7) is 0. The fourth-order valence-electron chi connectivity index (χ4n) is 3.97. The van der Waals surface area contributed by atoms with Crippen LogP contribution in [0.5, 0.6) is 0 Å². The predicted octanol–water partition coefficient (Wildman–Crippen LogP) is 3.35. The molecule has 2 saturated carbocycles. The van der Waals surface area contributed by atoms with E-state index in [-0.39, 0.29) is 16.8 Å². The molecule has 2 amide bonds. The van der Waals surface area contributed by atoms with Crippen molar-refractivity contribution in [1.82, 2.24) is 5.32 Å². The highest BCUT2D eigenvalue weighted by atomic mass is 32.2. The Morgan fingerprint density at radius 3 is 2.10 bits per heavy atom. The van der Waals surface area contributed by atoms with Crippen molar-refractivity contribution in [2.45, 2.75) is 49.5 Å². The number of anilines is 1. The Bertz CT molecular complexity index is 1040. The lowest BCUT2D eigenvalue weighted by atomic mass is 9.68. The second-order valence-electron chi connectivity index (χ2n) is 8.07. The van der Waals surface area contributed by atoms with E-state index in [0.29, 0.717) is 27.3 Å². The maximum atomic E-state index is 12.8. The van der Waals surface area contributed by atoms with Crippen LogP contribution in [0.1, 0.15) is 57.9 Å². The Morgan fingerprint density at radius 1 is 0.967 bits per heavy atom. The van der Waals surface area contributed by atoms with Crippen LogP contribution >= 0.6 is 11.3 Å². The normalized spacial score (nSPS) is 17.3. The summed E-state index contributed by atoms with van der Waals surface area (Å²) in [5, 5.41) is 11.0. The number of rotatable bonds is 7. The Kier molecular flexibility index (Phi) is 5.95. The van der Waals surface area contributed by atoms with Gasteiger partial charge in [-0.3, -0.25) is 9.59 Å². The zero-order chi connectivity index (χ0) is 21.3. The molecule has 0 spiro atoms. The number of amides is 2. The molecule has 2 aromatic rings. The van der Waals surface area contributed by atoms with Gasteiger partial charge in [-0.2, -0.15) is 0 Å². The number of hydrogen-bond acceptors (Lipinski definition) is 5. The highest BCUT2D eigenvalue weighted by molar-refractivity contribution is 7.89. The summed E-state index contributed by atoms with van der Waals surface area (Å²) in [5.74, 6) is 0.625. The molecule has 7 nitrogen and oxygen atoms in total. The number of nitrogens with two attached hydrogens (primary N) is 1. The van der Waals surface area contributed by atoms with Gasteiger partial charge < -0.3 is 10.6 Å². The lowest BCUT2D eigenvalue weighted by molar-refractivity contribution is 0.0792. The van der Waals surface area contributed by atoms with Gasteiger partial charge in [-0.25, -0.2) is 13.6 Å². The van der Waals surface area contributed by atoms with Crippen LogP contribution in [-0.4, -0.2) is 26.3 Å². The number of sulfonamides is 1. The van der Waals surface area contributed by atoms with Gasteiger partial charge in [0, 0.05) is 11.7 Å². The van der Waals surface area contributed by atoms with Crippen molar-refractivity contribution in [2.24, 2.45) is 17.0 Å². The molecule has 1 aromatic carbocycles.